The highest BCUT2D eigenvalue weighted by Gasteiger charge is 2.09. The minimum absolute atomic E-state index is 0.748. The molecule has 1 heterocycles. The van der Waals surface area contributed by atoms with Gasteiger partial charge < -0.3 is 0 Å². The Hall–Kier alpha value is -0.120. The second-order valence-corrected chi connectivity index (χ2v) is 2.86. The molecule has 0 unspecified atom stereocenters. The van der Waals surface area contributed by atoms with Gasteiger partial charge >= 0.3 is 0 Å². The number of hydrogen-bond donors (Lipinski definition) is 2. The zero-order valence-electron chi connectivity index (χ0n) is 6.15. The summed E-state index contributed by atoms with van der Waals surface area (Å²) in [5.74, 6) is 0.748. The Morgan fingerprint density at radius 3 is 2.78 bits per heavy atom. The van der Waals surface area contributed by atoms with Gasteiger partial charge in [-0.25, -0.2) is 10.4 Å². The summed E-state index contributed by atoms with van der Waals surface area (Å²) >= 11 is 0. The van der Waals surface area contributed by atoms with E-state index in [-0.39, 0.29) is 0 Å². The Morgan fingerprint density at radius 1 is 1.56 bits per heavy atom. The van der Waals surface area contributed by atoms with Crippen molar-refractivity contribution in [2.75, 3.05) is 19.9 Å². The van der Waals surface area contributed by atoms with Crippen molar-refractivity contribution in [2.24, 2.45) is 5.92 Å². The average Bonchev–Trinajstić information content (AvgIpc) is 2.15. The lowest BCUT2D eigenvalue weighted by atomic mass is 10.2. The molecule has 9 heavy (non-hydrogen) atoms. The quantitative estimate of drug-likeness (QED) is 0.548. The summed E-state index contributed by atoms with van der Waals surface area (Å²) in [7, 11) is 0. The van der Waals surface area contributed by atoms with Gasteiger partial charge in [0.05, 0.1) is 13.3 Å². The fraction of sp³-hybridized carbons (Fsp3) is 1.00. The molecule has 0 aromatic heterocycles. The summed E-state index contributed by atoms with van der Waals surface area (Å²) in [5.41, 5.74) is 3.21. The lowest BCUT2D eigenvalue weighted by Crippen LogP contribution is -2.33. The molecule has 0 aliphatic carbocycles. The molecule has 54 valence electrons. The fourth-order valence-corrected chi connectivity index (χ4v) is 0.984. The van der Waals surface area contributed by atoms with Crippen molar-refractivity contribution < 1.29 is 0 Å². The van der Waals surface area contributed by atoms with Crippen LogP contribution in [-0.2, 0) is 0 Å². The Labute approximate surface area is 56.4 Å². The van der Waals surface area contributed by atoms with Crippen LogP contribution in [0.2, 0.25) is 0 Å². The fourth-order valence-electron chi connectivity index (χ4n) is 0.984. The minimum atomic E-state index is 0.748. The van der Waals surface area contributed by atoms with E-state index in [0.717, 1.165) is 25.8 Å². The predicted octanol–water partition coefficient (Wildman–Crippen LogP) is -0.0328. The maximum absolute atomic E-state index is 3.21. The van der Waals surface area contributed by atoms with Crippen LogP contribution < -0.4 is 10.7 Å². The van der Waals surface area contributed by atoms with Crippen LogP contribution >= 0.6 is 0 Å². The molecule has 2 N–H and O–H groups in total. The Bertz CT molecular complexity index is 76.4. The smallest absolute Gasteiger partial charge is 0.0631 e. The monoisotopic (exact) mass is 129 g/mol. The van der Waals surface area contributed by atoms with E-state index < -0.39 is 0 Å². The Balaban J connectivity index is 2.11. The molecule has 1 saturated heterocycles. The van der Waals surface area contributed by atoms with Crippen molar-refractivity contribution in [1.82, 2.24) is 15.8 Å². The molecule has 1 aliphatic heterocycles. The molecule has 1 aliphatic rings. The molecule has 0 atom stereocenters. The highest BCUT2D eigenvalue weighted by Crippen LogP contribution is 1.95. The number of rotatable bonds is 2. The maximum atomic E-state index is 3.21. The topological polar surface area (TPSA) is 27.3 Å². The summed E-state index contributed by atoms with van der Waals surface area (Å²) in [6.07, 6.45) is 0. The molecular formula is C6H15N3. The summed E-state index contributed by atoms with van der Waals surface area (Å²) in [5, 5.41) is 5.39. The van der Waals surface area contributed by atoms with Crippen LogP contribution in [-0.4, -0.2) is 24.9 Å². The highest BCUT2D eigenvalue weighted by atomic mass is 15.6. The van der Waals surface area contributed by atoms with Crippen molar-refractivity contribution in [3.05, 3.63) is 0 Å². The molecule has 0 bridgehead atoms. The standard InChI is InChI=1S/C6H15N3/c1-6(2)3-9-5-7-4-8-9/h6-8H,3-5H2,1-2H3. The molecule has 3 heteroatoms. The molecule has 1 fully saturated rings. The van der Waals surface area contributed by atoms with Crippen molar-refractivity contribution in [1.29, 1.82) is 0 Å². The van der Waals surface area contributed by atoms with E-state index in [1.54, 1.807) is 0 Å². The van der Waals surface area contributed by atoms with Crippen LogP contribution in [0.4, 0.5) is 0 Å². The van der Waals surface area contributed by atoms with Gasteiger partial charge in [0, 0.05) is 6.54 Å². The van der Waals surface area contributed by atoms with Crippen molar-refractivity contribution in [3.63, 3.8) is 0 Å². The third kappa shape index (κ3) is 2.30. The van der Waals surface area contributed by atoms with Crippen LogP contribution in [0.3, 0.4) is 0 Å². The zero-order chi connectivity index (χ0) is 6.69. The van der Waals surface area contributed by atoms with Crippen molar-refractivity contribution in [3.8, 4) is 0 Å². The number of nitrogens with zero attached hydrogens (tertiary/aromatic N) is 1. The zero-order valence-corrected chi connectivity index (χ0v) is 6.15. The molecule has 3 nitrogen and oxygen atoms in total. The van der Waals surface area contributed by atoms with Crippen LogP contribution in [0.5, 0.6) is 0 Å². The van der Waals surface area contributed by atoms with Crippen LogP contribution in [0.25, 0.3) is 0 Å². The predicted molar refractivity (Wildman–Crippen MR) is 37.5 cm³/mol. The Morgan fingerprint density at radius 2 is 2.33 bits per heavy atom. The molecule has 0 spiro atoms. The Kier molecular flexibility index (Phi) is 2.45. The van der Waals surface area contributed by atoms with Gasteiger partial charge in [-0.15, -0.1) is 0 Å². The van der Waals surface area contributed by atoms with Crippen LogP contribution in [0.15, 0.2) is 0 Å². The first-order valence-electron chi connectivity index (χ1n) is 3.48. The summed E-state index contributed by atoms with van der Waals surface area (Å²) < 4.78 is 0. The van der Waals surface area contributed by atoms with Gasteiger partial charge in [0.25, 0.3) is 0 Å². The number of hydrogen-bond acceptors (Lipinski definition) is 3. The first-order chi connectivity index (χ1) is 4.29. The third-order valence-electron chi connectivity index (χ3n) is 1.32. The first-order valence-corrected chi connectivity index (χ1v) is 3.48. The van der Waals surface area contributed by atoms with E-state index in [9.17, 15) is 0 Å². The first kappa shape index (κ1) is 6.99. The van der Waals surface area contributed by atoms with E-state index in [1.807, 2.05) is 0 Å². The largest absolute Gasteiger partial charge is 0.290 e. The highest BCUT2D eigenvalue weighted by molar-refractivity contribution is 4.58. The van der Waals surface area contributed by atoms with Gasteiger partial charge in [-0.3, -0.25) is 5.32 Å². The number of hydrazine groups is 1. The van der Waals surface area contributed by atoms with Gasteiger partial charge in [-0.05, 0) is 5.92 Å². The van der Waals surface area contributed by atoms with Gasteiger partial charge in [-0.2, -0.15) is 0 Å². The molecule has 0 aromatic rings. The molecule has 1 rings (SSSR count). The van der Waals surface area contributed by atoms with Gasteiger partial charge in [-0.1, -0.05) is 13.8 Å². The summed E-state index contributed by atoms with van der Waals surface area (Å²) in [4.78, 5) is 0. The van der Waals surface area contributed by atoms with Crippen molar-refractivity contribution >= 4 is 0 Å². The van der Waals surface area contributed by atoms with E-state index in [4.69, 9.17) is 0 Å². The summed E-state index contributed by atoms with van der Waals surface area (Å²) in [6.45, 7) is 7.48. The van der Waals surface area contributed by atoms with Crippen molar-refractivity contribution in [2.45, 2.75) is 13.8 Å². The van der Waals surface area contributed by atoms with E-state index in [0.29, 0.717) is 0 Å². The second kappa shape index (κ2) is 3.15. The molecule has 0 saturated carbocycles. The minimum Gasteiger partial charge on any atom is -0.290 e. The van der Waals surface area contributed by atoms with Crippen LogP contribution in [0.1, 0.15) is 13.8 Å². The van der Waals surface area contributed by atoms with E-state index in [1.165, 1.54) is 0 Å². The third-order valence-corrected chi connectivity index (χ3v) is 1.32. The molecule has 0 radical (unpaired) electrons. The van der Waals surface area contributed by atoms with E-state index in [2.05, 4.69) is 29.6 Å². The van der Waals surface area contributed by atoms with Crippen LogP contribution in [0, 0.1) is 5.92 Å². The second-order valence-electron chi connectivity index (χ2n) is 2.86. The lowest BCUT2D eigenvalue weighted by Gasteiger charge is -2.15. The average molecular weight is 129 g/mol. The lowest BCUT2D eigenvalue weighted by molar-refractivity contribution is 0.223. The van der Waals surface area contributed by atoms with E-state index >= 15 is 0 Å². The maximum Gasteiger partial charge on any atom is 0.0631 e. The molecular weight excluding hydrogens is 114 g/mol. The molecule has 0 amide bonds. The van der Waals surface area contributed by atoms with Gasteiger partial charge in [0.2, 0.25) is 0 Å². The van der Waals surface area contributed by atoms with Gasteiger partial charge in [0.1, 0.15) is 0 Å². The SMILES string of the molecule is CC(C)CN1CNCN1. The summed E-state index contributed by atoms with van der Waals surface area (Å²) in [6, 6.07) is 0. The normalized spacial score (nSPS) is 21.7. The number of nitrogens with one attached hydrogen (secondary N) is 2. The molecule has 0 aromatic carbocycles. The van der Waals surface area contributed by atoms with Gasteiger partial charge in [0.15, 0.2) is 0 Å².